The summed E-state index contributed by atoms with van der Waals surface area (Å²) < 4.78 is 0. The summed E-state index contributed by atoms with van der Waals surface area (Å²) in [4.78, 5) is 2.31. The number of thiophene rings is 1. The molecule has 2 aromatic rings. The van der Waals surface area contributed by atoms with Crippen LogP contribution in [-0.2, 0) is 0 Å². The molecule has 1 aromatic heterocycles. The van der Waals surface area contributed by atoms with Crippen molar-refractivity contribution in [2.45, 2.75) is 38.2 Å². The highest BCUT2D eigenvalue weighted by molar-refractivity contribution is 7.12. The quantitative estimate of drug-likeness (QED) is 0.864. The lowest BCUT2D eigenvalue weighted by molar-refractivity contribution is 0.221. The summed E-state index contributed by atoms with van der Waals surface area (Å²) in [7, 11) is 0. The molecule has 0 radical (unpaired) electrons. The molecule has 0 aliphatic heterocycles. The summed E-state index contributed by atoms with van der Waals surface area (Å²) in [6.07, 6.45) is 3.41. The van der Waals surface area contributed by atoms with Crippen molar-refractivity contribution in [3.05, 3.63) is 57.3 Å². The van der Waals surface area contributed by atoms with Gasteiger partial charge in [-0.15, -0.1) is 11.3 Å². The zero-order chi connectivity index (χ0) is 12.5. The van der Waals surface area contributed by atoms with Crippen molar-refractivity contribution in [1.82, 2.24) is 0 Å². The molecule has 0 spiro atoms. The topological polar surface area (TPSA) is 20.2 Å². The molecule has 1 heterocycles. The van der Waals surface area contributed by atoms with Crippen LogP contribution in [0.1, 0.15) is 52.2 Å². The third-order valence-electron chi connectivity index (χ3n) is 3.87. The number of hydrogen-bond donors (Lipinski definition) is 1. The lowest BCUT2D eigenvalue weighted by Crippen LogP contribution is -2.13. The van der Waals surface area contributed by atoms with Crippen LogP contribution in [0, 0.1) is 6.92 Å². The van der Waals surface area contributed by atoms with Gasteiger partial charge in [-0.1, -0.05) is 30.7 Å². The molecule has 1 aromatic carbocycles. The van der Waals surface area contributed by atoms with Gasteiger partial charge in [-0.05, 0) is 48.9 Å². The summed E-state index contributed by atoms with van der Waals surface area (Å²) in [5.74, 6) is 0.664. The summed E-state index contributed by atoms with van der Waals surface area (Å²) in [5, 5.41) is 10.6. The van der Waals surface area contributed by atoms with Crippen LogP contribution in [0.2, 0.25) is 0 Å². The Balaban J connectivity index is 1.95. The highest BCUT2D eigenvalue weighted by Crippen LogP contribution is 2.41. The molecular formula is C16H18OS. The van der Waals surface area contributed by atoms with Crippen LogP contribution in [0.4, 0.5) is 0 Å². The second-order valence-electron chi connectivity index (χ2n) is 5.11. The number of aliphatic hydroxyl groups excluding tert-OH is 1. The van der Waals surface area contributed by atoms with Crippen molar-refractivity contribution in [2.75, 3.05) is 0 Å². The van der Waals surface area contributed by atoms with E-state index in [0.29, 0.717) is 5.92 Å². The average Bonchev–Trinajstić information content (AvgIpc) is 2.74. The van der Waals surface area contributed by atoms with Gasteiger partial charge in [0.1, 0.15) is 6.10 Å². The van der Waals surface area contributed by atoms with E-state index in [0.717, 1.165) is 10.4 Å². The number of benzene rings is 1. The molecule has 1 unspecified atom stereocenters. The average molecular weight is 258 g/mol. The van der Waals surface area contributed by atoms with Crippen LogP contribution in [-0.4, -0.2) is 5.11 Å². The second kappa shape index (κ2) is 4.87. The minimum atomic E-state index is -0.458. The van der Waals surface area contributed by atoms with Crippen molar-refractivity contribution in [2.24, 2.45) is 0 Å². The monoisotopic (exact) mass is 258 g/mol. The zero-order valence-corrected chi connectivity index (χ0v) is 11.4. The van der Waals surface area contributed by atoms with E-state index in [1.807, 2.05) is 12.1 Å². The number of aryl methyl sites for hydroxylation is 1. The predicted molar refractivity (Wildman–Crippen MR) is 76.2 cm³/mol. The van der Waals surface area contributed by atoms with Gasteiger partial charge in [0.15, 0.2) is 0 Å². The fourth-order valence-electron chi connectivity index (χ4n) is 2.60. The van der Waals surface area contributed by atoms with Crippen molar-refractivity contribution in [3.63, 3.8) is 0 Å². The smallest absolute Gasteiger partial charge is 0.113 e. The molecule has 1 aliphatic carbocycles. The first-order chi connectivity index (χ1) is 8.75. The number of rotatable bonds is 3. The van der Waals surface area contributed by atoms with E-state index in [9.17, 15) is 5.11 Å². The molecule has 0 amide bonds. The number of aliphatic hydroxyl groups is 1. The number of hydrogen-bond acceptors (Lipinski definition) is 2. The Labute approximate surface area is 112 Å². The van der Waals surface area contributed by atoms with E-state index in [1.165, 1.54) is 29.7 Å². The van der Waals surface area contributed by atoms with E-state index in [2.05, 4.69) is 31.2 Å². The van der Waals surface area contributed by atoms with Gasteiger partial charge >= 0.3 is 0 Å². The van der Waals surface area contributed by atoms with Crippen molar-refractivity contribution >= 4 is 11.3 Å². The summed E-state index contributed by atoms with van der Waals surface area (Å²) in [6, 6.07) is 12.5. The van der Waals surface area contributed by atoms with E-state index in [4.69, 9.17) is 0 Å². The summed E-state index contributed by atoms with van der Waals surface area (Å²) in [5.41, 5.74) is 2.45. The van der Waals surface area contributed by atoms with Gasteiger partial charge in [-0.25, -0.2) is 0 Å². The largest absolute Gasteiger partial charge is 0.383 e. The second-order valence-corrected chi connectivity index (χ2v) is 6.43. The van der Waals surface area contributed by atoms with Gasteiger partial charge in [-0.3, -0.25) is 0 Å². The maximum Gasteiger partial charge on any atom is 0.113 e. The molecule has 3 rings (SSSR count). The first-order valence-corrected chi connectivity index (χ1v) is 7.40. The Hall–Kier alpha value is -1.12. The molecule has 1 fully saturated rings. The molecule has 94 valence electrons. The maximum absolute atomic E-state index is 10.6. The standard InChI is InChI=1S/C16H18OS/c1-11-9-10-15(18-11)16(17)14-8-3-2-7-13(14)12-5-4-6-12/h2-3,7-10,12,16-17H,4-6H2,1H3. The Morgan fingerprint density at radius 3 is 2.56 bits per heavy atom. The molecule has 1 atom stereocenters. The third-order valence-corrected chi connectivity index (χ3v) is 4.92. The molecule has 1 saturated carbocycles. The van der Waals surface area contributed by atoms with Crippen molar-refractivity contribution in [3.8, 4) is 0 Å². The Bertz CT molecular complexity index is 540. The fraction of sp³-hybridized carbons (Fsp3) is 0.375. The Kier molecular flexibility index (Phi) is 3.23. The van der Waals surface area contributed by atoms with E-state index in [1.54, 1.807) is 11.3 Å². The van der Waals surface area contributed by atoms with E-state index < -0.39 is 6.10 Å². The molecule has 0 bridgehead atoms. The third kappa shape index (κ3) is 2.11. The van der Waals surface area contributed by atoms with Crippen LogP contribution < -0.4 is 0 Å². The van der Waals surface area contributed by atoms with Crippen LogP contribution in [0.25, 0.3) is 0 Å². The van der Waals surface area contributed by atoms with Gasteiger partial charge < -0.3 is 5.11 Å². The summed E-state index contributed by atoms with van der Waals surface area (Å²) in [6.45, 7) is 2.08. The minimum Gasteiger partial charge on any atom is -0.383 e. The van der Waals surface area contributed by atoms with E-state index >= 15 is 0 Å². The Morgan fingerprint density at radius 1 is 1.17 bits per heavy atom. The molecule has 2 heteroatoms. The highest BCUT2D eigenvalue weighted by atomic mass is 32.1. The predicted octanol–water partition coefficient (Wildman–Crippen LogP) is 4.41. The first kappa shape index (κ1) is 11.9. The highest BCUT2D eigenvalue weighted by Gasteiger charge is 2.25. The minimum absolute atomic E-state index is 0.458. The van der Waals surface area contributed by atoms with Crippen LogP contribution in [0.3, 0.4) is 0 Å². The molecule has 1 nitrogen and oxygen atoms in total. The SMILES string of the molecule is Cc1ccc(C(O)c2ccccc2C2CCC2)s1. The van der Waals surface area contributed by atoms with Gasteiger partial charge in [0.25, 0.3) is 0 Å². The molecular weight excluding hydrogens is 240 g/mol. The molecule has 1 N–H and O–H groups in total. The van der Waals surface area contributed by atoms with Crippen LogP contribution in [0.5, 0.6) is 0 Å². The van der Waals surface area contributed by atoms with Gasteiger partial charge in [0, 0.05) is 9.75 Å². The van der Waals surface area contributed by atoms with Crippen molar-refractivity contribution in [1.29, 1.82) is 0 Å². The molecule has 0 saturated heterocycles. The summed E-state index contributed by atoms with van der Waals surface area (Å²) >= 11 is 1.69. The van der Waals surface area contributed by atoms with Crippen LogP contribution >= 0.6 is 11.3 Å². The fourth-order valence-corrected chi connectivity index (χ4v) is 3.49. The van der Waals surface area contributed by atoms with Gasteiger partial charge in [0.2, 0.25) is 0 Å². The van der Waals surface area contributed by atoms with Crippen LogP contribution in [0.15, 0.2) is 36.4 Å². The lowest BCUT2D eigenvalue weighted by Gasteiger charge is -2.29. The Morgan fingerprint density at radius 2 is 1.94 bits per heavy atom. The van der Waals surface area contributed by atoms with E-state index in [-0.39, 0.29) is 0 Å². The molecule has 18 heavy (non-hydrogen) atoms. The lowest BCUT2D eigenvalue weighted by atomic mass is 9.77. The zero-order valence-electron chi connectivity index (χ0n) is 10.6. The normalized spacial score (nSPS) is 17.4. The van der Waals surface area contributed by atoms with Gasteiger partial charge in [0.05, 0.1) is 0 Å². The first-order valence-electron chi connectivity index (χ1n) is 6.59. The maximum atomic E-state index is 10.6. The van der Waals surface area contributed by atoms with Gasteiger partial charge in [-0.2, -0.15) is 0 Å². The van der Waals surface area contributed by atoms with Crippen molar-refractivity contribution < 1.29 is 5.11 Å². The molecule has 1 aliphatic rings.